The molecule has 0 fully saturated rings. The second-order valence-electron chi connectivity index (χ2n) is 4.77. The van der Waals surface area contributed by atoms with E-state index in [-0.39, 0.29) is 11.7 Å². The lowest BCUT2D eigenvalue weighted by atomic mass is 10.2. The van der Waals surface area contributed by atoms with Crippen molar-refractivity contribution >= 4 is 5.91 Å². The van der Waals surface area contributed by atoms with Crippen molar-refractivity contribution in [2.24, 2.45) is 0 Å². The van der Waals surface area contributed by atoms with Crippen LogP contribution in [0.2, 0.25) is 0 Å². The number of aromatic nitrogens is 2. The van der Waals surface area contributed by atoms with Gasteiger partial charge in [-0.2, -0.15) is 5.10 Å². The molecular weight excluding hydrogens is 257 g/mol. The molecule has 0 saturated heterocycles. The van der Waals surface area contributed by atoms with Crippen LogP contribution in [0.1, 0.15) is 28.7 Å². The zero-order chi connectivity index (χ0) is 14.7. The van der Waals surface area contributed by atoms with Crippen LogP contribution >= 0.6 is 0 Å². The summed E-state index contributed by atoms with van der Waals surface area (Å²) in [5.41, 5.74) is 2.29. The Morgan fingerprint density at radius 2 is 2.00 bits per heavy atom. The molecule has 4 nitrogen and oxygen atoms in total. The van der Waals surface area contributed by atoms with Crippen LogP contribution in [0.25, 0.3) is 0 Å². The fraction of sp³-hybridized carbons (Fsp3) is 0.333. The van der Waals surface area contributed by atoms with Crippen molar-refractivity contribution in [1.29, 1.82) is 0 Å². The zero-order valence-corrected chi connectivity index (χ0v) is 11.9. The predicted octanol–water partition coefficient (Wildman–Crippen LogP) is 2.62. The summed E-state index contributed by atoms with van der Waals surface area (Å²) >= 11 is 0. The molecule has 106 valence electrons. The Morgan fingerprint density at radius 1 is 1.35 bits per heavy atom. The first kappa shape index (κ1) is 14.2. The van der Waals surface area contributed by atoms with Crippen molar-refractivity contribution in [3.05, 3.63) is 53.1 Å². The van der Waals surface area contributed by atoms with Crippen LogP contribution < -0.4 is 0 Å². The maximum atomic E-state index is 12.9. The Bertz CT molecular complexity index is 604. The van der Waals surface area contributed by atoms with Gasteiger partial charge in [-0.15, -0.1) is 0 Å². The van der Waals surface area contributed by atoms with Crippen LogP contribution in [0.5, 0.6) is 0 Å². The molecule has 1 heterocycles. The first-order chi connectivity index (χ1) is 9.51. The molecule has 2 aromatic rings. The molecule has 1 amide bonds. The van der Waals surface area contributed by atoms with Gasteiger partial charge < -0.3 is 4.90 Å². The molecule has 0 saturated carbocycles. The van der Waals surface area contributed by atoms with Gasteiger partial charge in [0.05, 0.1) is 5.69 Å². The molecule has 1 aromatic heterocycles. The van der Waals surface area contributed by atoms with Crippen LogP contribution in [-0.2, 0) is 13.1 Å². The summed E-state index contributed by atoms with van der Waals surface area (Å²) in [6, 6.07) is 7.94. The van der Waals surface area contributed by atoms with E-state index in [9.17, 15) is 9.18 Å². The van der Waals surface area contributed by atoms with E-state index in [1.54, 1.807) is 34.8 Å². The van der Waals surface area contributed by atoms with Gasteiger partial charge in [0.15, 0.2) is 0 Å². The van der Waals surface area contributed by atoms with E-state index in [0.717, 1.165) is 11.3 Å². The Hall–Kier alpha value is -2.17. The first-order valence-corrected chi connectivity index (χ1v) is 6.55. The molecule has 5 heteroatoms. The van der Waals surface area contributed by atoms with E-state index in [2.05, 4.69) is 5.10 Å². The van der Waals surface area contributed by atoms with Crippen molar-refractivity contribution in [1.82, 2.24) is 14.7 Å². The van der Waals surface area contributed by atoms with Crippen molar-refractivity contribution in [3.8, 4) is 0 Å². The van der Waals surface area contributed by atoms with Gasteiger partial charge in [0, 0.05) is 20.1 Å². The normalized spacial score (nSPS) is 10.6. The van der Waals surface area contributed by atoms with Gasteiger partial charge in [-0.05, 0) is 37.6 Å². The van der Waals surface area contributed by atoms with E-state index in [4.69, 9.17) is 0 Å². The lowest BCUT2D eigenvalue weighted by Crippen LogP contribution is -2.28. The highest BCUT2D eigenvalue weighted by molar-refractivity contribution is 5.92. The molecule has 0 aliphatic heterocycles. The zero-order valence-electron chi connectivity index (χ0n) is 11.9. The summed E-state index contributed by atoms with van der Waals surface area (Å²) in [4.78, 5) is 14.0. The summed E-state index contributed by atoms with van der Waals surface area (Å²) in [6.07, 6.45) is 0. The van der Waals surface area contributed by atoms with Crippen LogP contribution in [0.4, 0.5) is 4.39 Å². The van der Waals surface area contributed by atoms with Crippen LogP contribution in [-0.4, -0.2) is 27.6 Å². The largest absolute Gasteiger partial charge is 0.336 e. The minimum atomic E-state index is -0.276. The quantitative estimate of drug-likeness (QED) is 0.860. The molecule has 0 unspecified atom stereocenters. The molecule has 0 radical (unpaired) electrons. The third kappa shape index (κ3) is 3.04. The monoisotopic (exact) mass is 275 g/mol. The van der Waals surface area contributed by atoms with Gasteiger partial charge in [0.1, 0.15) is 11.5 Å². The van der Waals surface area contributed by atoms with Gasteiger partial charge in [-0.25, -0.2) is 4.39 Å². The molecule has 20 heavy (non-hydrogen) atoms. The third-order valence-electron chi connectivity index (χ3n) is 3.10. The molecule has 0 atom stereocenters. The molecule has 0 aliphatic carbocycles. The van der Waals surface area contributed by atoms with Gasteiger partial charge in [-0.3, -0.25) is 9.48 Å². The second-order valence-corrected chi connectivity index (χ2v) is 4.77. The minimum Gasteiger partial charge on any atom is -0.336 e. The minimum absolute atomic E-state index is 0.0863. The lowest BCUT2D eigenvalue weighted by molar-refractivity contribution is 0.0773. The van der Waals surface area contributed by atoms with Crippen LogP contribution in [0, 0.1) is 12.7 Å². The number of carbonyl (C=O) groups excluding carboxylic acids is 1. The molecule has 0 N–H and O–H groups in total. The number of halogens is 1. The van der Waals surface area contributed by atoms with Crippen LogP contribution in [0.15, 0.2) is 30.3 Å². The number of aryl methyl sites for hydroxylation is 2. The topological polar surface area (TPSA) is 38.1 Å². The van der Waals surface area contributed by atoms with Crippen molar-refractivity contribution in [2.75, 3.05) is 7.05 Å². The summed E-state index contributed by atoms with van der Waals surface area (Å²) in [5, 5.41) is 4.27. The number of nitrogens with zero attached hydrogens (tertiary/aromatic N) is 3. The highest BCUT2D eigenvalue weighted by Crippen LogP contribution is 2.11. The number of benzene rings is 1. The fourth-order valence-electron chi connectivity index (χ4n) is 2.09. The Kier molecular flexibility index (Phi) is 4.17. The smallest absolute Gasteiger partial charge is 0.272 e. The van der Waals surface area contributed by atoms with E-state index >= 15 is 0 Å². The first-order valence-electron chi connectivity index (χ1n) is 6.55. The maximum Gasteiger partial charge on any atom is 0.272 e. The maximum absolute atomic E-state index is 12.9. The van der Waals surface area contributed by atoms with Gasteiger partial charge >= 0.3 is 0 Å². The Labute approximate surface area is 117 Å². The van der Waals surface area contributed by atoms with Gasteiger partial charge in [0.2, 0.25) is 0 Å². The molecule has 1 aromatic carbocycles. The molecule has 0 bridgehead atoms. The highest BCUT2D eigenvalue weighted by atomic mass is 19.1. The molecule has 2 rings (SSSR count). The number of amides is 1. The average Bonchev–Trinajstić information content (AvgIpc) is 2.81. The number of carbonyl (C=O) groups is 1. The van der Waals surface area contributed by atoms with E-state index in [1.807, 2.05) is 13.8 Å². The molecular formula is C15H18FN3O. The summed E-state index contributed by atoms with van der Waals surface area (Å²) < 4.78 is 14.6. The third-order valence-corrected chi connectivity index (χ3v) is 3.10. The predicted molar refractivity (Wildman–Crippen MR) is 74.8 cm³/mol. The standard InChI is InChI=1S/C15H18FN3O/c1-4-19-14(9-11(2)17-19)15(20)18(3)10-12-5-7-13(16)8-6-12/h5-9H,4,10H2,1-3H3. The second kappa shape index (κ2) is 5.86. The van der Waals surface area contributed by atoms with E-state index in [0.29, 0.717) is 18.8 Å². The summed E-state index contributed by atoms with van der Waals surface area (Å²) in [7, 11) is 1.73. The van der Waals surface area contributed by atoms with Crippen molar-refractivity contribution < 1.29 is 9.18 Å². The Morgan fingerprint density at radius 3 is 2.60 bits per heavy atom. The van der Waals surface area contributed by atoms with Crippen molar-refractivity contribution in [3.63, 3.8) is 0 Å². The summed E-state index contributed by atoms with van der Waals surface area (Å²) in [6.45, 7) is 4.90. The van der Waals surface area contributed by atoms with Gasteiger partial charge in [0.25, 0.3) is 5.91 Å². The lowest BCUT2D eigenvalue weighted by Gasteiger charge is -2.17. The number of hydrogen-bond acceptors (Lipinski definition) is 2. The average molecular weight is 275 g/mol. The van der Waals surface area contributed by atoms with Crippen molar-refractivity contribution in [2.45, 2.75) is 26.9 Å². The molecule has 0 spiro atoms. The molecule has 0 aliphatic rings. The number of hydrogen-bond donors (Lipinski definition) is 0. The SMILES string of the molecule is CCn1nc(C)cc1C(=O)N(C)Cc1ccc(F)cc1. The van der Waals surface area contributed by atoms with E-state index in [1.165, 1.54) is 12.1 Å². The highest BCUT2D eigenvalue weighted by Gasteiger charge is 2.17. The Balaban J connectivity index is 2.14. The summed E-state index contributed by atoms with van der Waals surface area (Å²) in [5.74, 6) is -0.362. The van der Waals surface area contributed by atoms with Gasteiger partial charge in [-0.1, -0.05) is 12.1 Å². The number of rotatable bonds is 4. The fourth-order valence-corrected chi connectivity index (χ4v) is 2.09. The van der Waals surface area contributed by atoms with E-state index < -0.39 is 0 Å². The van der Waals surface area contributed by atoms with Crippen LogP contribution in [0.3, 0.4) is 0 Å².